The lowest BCUT2D eigenvalue weighted by Gasteiger charge is -2.39. The fourth-order valence-electron chi connectivity index (χ4n) is 2.65. The van der Waals surface area contributed by atoms with Crippen molar-refractivity contribution in [1.29, 1.82) is 0 Å². The van der Waals surface area contributed by atoms with E-state index in [2.05, 4.69) is 25.8 Å². The first-order valence-corrected chi connectivity index (χ1v) is 6.14. The molecule has 14 heavy (non-hydrogen) atoms. The maximum absolute atomic E-state index is 6.19. The smallest absolute Gasteiger partial charge is 0.0246 e. The summed E-state index contributed by atoms with van der Waals surface area (Å²) >= 11 is 0. The summed E-state index contributed by atoms with van der Waals surface area (Å²) in [6, 6.07) is 1.04. The molecule has 0 bridgehead atoms. The van der Waals surface area contributed by atoms with E-state index in [1.165, 1.54) is 38.6 Å². The molecular formula is C12H26N2. The Morgan fingerprint density at radius 3 is 2.57 bits per heavy atom. The van der Waals surface area contributed by atoms with Crippen molar-refractivity contribution in [2.45, 2.75) is 58.0 Å². The van der Waals surface area contributed by atoms with Gasteiger partial charge >= 0.3 is 0 Å². The van der Waals surface area contributed by atoms with Crippen LogP contribution in [0.4, 0.5) is 0 Å². The van der Waals surface area contributed by atoms with Gasteiger partial charge in [0.1, 0.15) is 0 Å². The van der Waals surface area contributed by atoms with Crippen LogP contribution >= 0.6 is 0 Å². The first kappa shape index (κ1) is 12.0. The standard InChI is InChI=1S/C12H26N2/c1-4-8-14(3)12-9-10(5-2)6-7-11(12)13/h10-12H,4-9,13H2,1-3H3. The van der Waals surface area contributed by atoms with Crippen LogP contribution < -0.4 is 5.73 Å². The Bertz CT molecular complexity index is 158. The van der Waals surface area contributed by atoms with Gasteiger partial charge in [-0.1, -0.05) is 20.3 Å². The zero-order valence-electron chi connectivity index (χ0n) is 10.00. The second-order valence-electron chi connectivity index (χ2n) is 4.80. The van der Waals surface area contributed by atoms with Crippen molar-refractivity contribution in [3.63, 3.8) is 0 Å². The van der Waals surface area contributed by atoms with Crippen LogP contribution in [0.2, 0.25) is 0 Å². The summed E-state index contributed by atoms with van der Waals surface area (Å²) in [4.78, 5) is 2.46. The minimum atomic E-state index is 0.411. The molecule has 1 fully saturated rings. The summed E-state index contributed by atoms with van der Waals surface area (Å²) in [5.41, 5.74) is 6.19. The third kappa shape index (κ3) is 2.96. The topological polar surface area (TPSA) is 29.3 Å². The van der Waals surface area contributed by atoms with Crippen LogP contribution in [0.5, 0.6) is 0 Å². The highest BCUT2D eigenvalue weighted by atomic mass is 15.1. The van der Waals surface area contributed by atoms with E-state index in [4.69, 9.17) is 5.73 Å². The highest BCUT2D eigenvalue weighted by Gasteiger charge is 2.29. The summed E-state index contributed by atoms with van der Waals surface area (Å²) in [5.74, 6) is 0.916. The molecule has 0 heterocycles. The SMILES string of the molecule is CCCN(C)C1CC(CC)CCC1N. The maximum atomic E-state index is 6.19. The van der Waals surface area contributed by atoms with E-state index in [1.54, 1.807) is 0 Å². The molecule has 2 N–H and O–H groups in total. The minimum Gasteiger partial charge on any atom is -0.326 e. The van der Waals surface area contributed by atoms with Crippen LogP contribution in [-0.4, -0.2) is 30.6 Å². The Morgan fingerprint density at radius 1 is 1.29 bits per heavy atom. The quantitative estimate of drug-likeness (QED) is 0.750. The molecule has 84 valence electrons. The lowest BCUT2D eigenvalue weighted by Crippen LogP contribution is -2.49. The molecule has 3 atom stereocenters. The van der Waals surface area contributed by atoms with Crippen LogP contribution in [0.15, 0.2) is 0 Å². The average molecular weight is 198 g/mol. The van der Waals surface area contributed by atoms with Gasteiger partial charge in [-0.25, -0.2) is 0 Å². The molecule has 0 aromatic carbocycles. The van der Waals surface area contributed by atoms with E-state index in [0.29, 0.717) is 12.1 Å². The second-order valence-corrected chi connectivity index (χ2v) is 4.80. The van der Waals surface area contributed by atoms with Gasteiger partial charge in [0.15, 0.2) is 0 Å². The van der Waals surface area contributed by atoms with Gasteiger partial charge in [0.2, 0.25) is 0 Å². The van der Waals surface area contributed by atoms with Crippen LogP contribution in [0, 0.1) is 5.92 Å². The summed E-state index contributed by atoms with van der Waals surface area (Å²) in [6.07, 6.45) is 6.43. The number of hydrogen-bond donors (Lipinski definition) is 1. The molecule has 0 saturated heterocycles. The molecule has 0 aromatic rings. The number of rotatable bonds is 4. The molecule has 1 rings (SSSR count). The predicted octanol–water partition coefficient (Wildman–Crippen LogP) is 2.23. The van der Waals surface area contributed by atoms with Crippen molar-refractivity contribution in [2.75, 3.05) is 13.6 Å². The molecule has 0 aliphatic heterocycles. The number of nitrogens with two attached hydrogens (primary N) is 1. The van der Waals surface area contributed by atoms with Crippen LogP contribution in [0.3, 0.4) is 0 Å². The zero-order chi connectivity index (χ0) is 10.6. The summed E-state index contributed by atoms with van der Waals surface area (Å²) in [7, 11) is 2.23. The molecule has 3 unspecified atom stereocenters. The second kappa shape index (κ2) is 5.72. The van der Waals surface area contributed by atoms with Crippen molar-refractivity contribution in [3.8, 4) is 0 Å². The molecule has 0 amide bonds. The van der Waals surface area contributed by atoms with Crippen molar-refractivity contribution in [1.82, 2.24) is 4.90 Å². The summed E-state index contributed by atoms with van der Waals surface area (Å²) in [6.45, 7) is 5.73. The molecular weight excluding hydrogens is 172 g/mol. The lowest BCUT2D eigenvalue weighted by atomic mass is 9.81. The highest BCUT2D eigenvalue weighted by Crippen LogP contribution is 2.28. The van der Waals surface area contributed by atoms with Crippen molar-refractivity contribution in [3.05, 3.63) is 0 Å². The molecule has 1 aliphatic rings. The lowest BCUT2D eigenvalue weighted by molar-refractivity contribution is 0.135. The van der Waals surface area contributed by atoms with Gasteiger partial charge in [-0.2, -0.15) is 0 Å². The first-order valence-electron chi connectivity index (χ1n) is 6.14. The predicted molar refractivity (Wildman–Crippen MR) is 62.3 cm³/mol. The Balaban J connectivity index is 2.46. The van der Waals surface area contributed by atoms with E-state index in [1.807, 2.05) is 0 Å². The normalized spacial score (nSPS) is 33.6. The Hall–Kier alpha value is -0.0800. The fraction of sp³-hybridized carbons (Fsp3) is 1.00. The molecule has 1 saturated carbocycles. The van der Waals surface area contributed by atoms with Crippen LogP contribution in [0.1, 0.15) is 46.0 Å². The monoisotopic (exact) mass is 198 g/mol. The highest BCUT2D eigenvalue weighted by molar-refractivity contribution is 4.87. The summed E-state index contributed by atoms with van der Waals surface area (Å²) in [5, 5.41) is 0. The van der Waals surface area contributed by atoms with Crippen molar-refractivity contribution >= 4 is 0 Å². The number of likely N-dealkylation sites (N-methyl/N-ethyl adjacent to an activating group) is 1. The maximum Gasteiger partial charge on any atom is 0.0246 e. The zero-order valence-corrected chi connectivity index (χ0v) is 10.00. The third-order valence-corrected chi connectivity index (χ3v) is 3.70. The van der Waals surface area contributed by atoms with Gasteiger partial charge < -0.3 is 10.6 Å². The van der Waals surface area contributed by atoms with Gasteiger partial charge in [0, 0.05) is 12.1 Å². The fourth-order valence-corrected chi connectivity index (χ4v) is 2.65. The molecule has 0 spiro atoms. The van der Waals surface area contributed by atoms with Crippen molar-refractivity contribution < 1.29 is 0 Å². The van der Waals surface area contributed by atoms with Gasteiger partial charge in [0.25, 0.3) is 0 Å². The Kier molecular flexibility index (Phi) is 4.90. The van der Waals surface area contributed by atoms with Gasteiger partial charge in [-0.3, -0.25) is 0 Å². The van der Waals surface area contributed by atoms with Gasteiger partial charge in [-0.15, -0.1) is 0 Å². The largest absolute Gasteiger partial charge is 0.326 e. The van der Waals surface area contributed by atoms with Crippen LogP contribution in [0.25, 0.3) is 0 Å². The van der Waals surface area contributed by atoms with Gasteiger partial charge in [-0.05, 0) is 45.2 Å². The van der Waals surface area contributed by atoms with E-state index in [-0.39, 0.29) is 0 Å². The average Bonchev–Trinajstić information content (AvgIpc) is 2.19. The number of nitrogens with zero attached hydrogens (tertiary/aromatic N) is 1. The minimum absolute atomic E-state index is 0.411. The van der Waals surface area contributed by atoms with E-state index >= 15 is 0 Å². The molecule has 1 aliphatic carbocycles. The molecule has 0 aromatic heterocycles. The Morgan fingerprint density at radius 2 is 2.00 bits per heavy atom. The van der Waals surface area contributed by atoms with E-state index in [0.717, 1.165) is 5.92 Å². The third-order valence-electron chi connectivity index (χ3n) is 3.70. The number of hydrogen-bond acceptors (Lipinski definition) is 2. The molecule has 2 nitrogen and oxygen atoms in total. The molecule has 2 heteroatoms. The van der Waals surface area contributed by atoms with Crippen molar-refractivity contribution in [2.24, 2.45) is 11.7 Å². The Labute approximate surface area is 88.8 Å². The van der Waals surface area contributed by atoms with E-state index in [9.17, 15) is 0 Å². The summed E-state index contributed by atoms with van der Waals surface area (Å²) < 4.78 is 0. The molecule has 0 radical (unpaired) electrons. The van der Waals surface area contributed by atoms with Crippen LogP contribution in [-0.2, 0) is 0 Å². The first-order chi connectivity index (χ1) is 6.69. The van der Waals surface area contributed by atoms with E-state index < -0.39 is 0 Å². The van der Waals surface area contributed by atoms with Gasteiger partial charge in [0.05, 0.1) is 0 Å².